The molecule has 0 bridgehead atoms. The molecule has 0 aliphatic heterocycles. The molecule has 0 radical (unpaired) electrons. The lowest BCUT2D eigenvalue weighted by Crippen LogP contribution is -2.16. The first-order chi connectivity index (χ1) is 15.7. The van der Waals surface area contributed by atoms with Crippen molar-refractivity contribution in [3.05, 3.63) is 23.8 Å². The van der Waals surface area contributed by atoms with E-state index in [9.17, 15) is 4.79 Å². The Morgan fingerprint density at radius 3 is 1.78 bits per heavy atom. The van der Waals surface area contributed by atoms with E-state index in [1.54, 1.807) is 20.4 Å². The molecule has 5 nitrogen and oxygen atoms in total. The van der Waals surface area contributed by atoms with Crippen LogP contribution in [0.4, 0.5) is 0 Å². The molecular formula is C27H46N2O3. The van der Waals surface area contributed by atoms with E-state index in [0.717, 1.165) is 18.4 Å². The van der Waals surface area contributed by atoms with Crippen molar-refractivity contribution in [1.82, 2.24) is 5.43 Å². The number of hydrazone groups is 1. The zero-order valence-electron chi connectivity index (χ0n) is 20.8. The van der Waals surface area contributed by atoms with Crippen LogP contribution in [0, 0.1) is 0 Å². The number of amides is 1. The summed E-state index contributed by atoms with van der Waals surface area (Å²) in [4.78, 5) is 11.9. The first-order valence-electron chi connectivity index (χ1n) is 12.7. The lowest BCUT2D eigenvalue weighted by atomic mass is 10.0. The maximum Gasteiger partial charge on any atom is 0.240 e. The van der Waals surface area contributed by atoms with Gasteiger partial charge in [0.15, 0.2) is 11.5 Å². The fourth-order valence-electron chi connectivity index (χ4n) is 3.82. The standard InChI is InChI=1S/C27H46N2O3/c1-4-5-6-7-8-9-10-11-12-13-14-15-16-17-18-19-27(30)29-28-23-24-20-21-25(31-2)26(22-24)32-3/h20-23H,4-19H2,1-3H3,(H,29,30)/b28-23-. The summed E-state index contributed by atoms with van der Waals surface area (Å²) in [6, 6.07) is 5.51. The van der Waals surface area contributed by atoms with Crippen LogP contribution in [0.3, 0.4) is 0 Å². The SMILES string of the molecule is CCCCCCCCCCCCCCCCCC(=O)N/N=C\c1ccc(OC)c(OC)c1. The molecule has 32 heavy (non-hydrogen) atoms. The van der Waals surface area contributed by atoms with Crippen LogP contribution in [-0.2, 0) is 4.79 Å². The minimum atomic E-state index is -0.0311. The average molecular weight is 447 g/mol. The molecule has 0 heterocycles. The number of methoxy groups -OCH3 is 2. The molecular weight excluding hydrogens is 400 g/mol. The summed E-state index contributed by atoms with van der Waals surface area (Å²) >= 11 is 0. The van der Waals surface area contributed by atoms with E-state index in [1.807, 2.05) is 18.2 Å². The number of nitrogens with zero attached hydrogens (tertiary/aromatic N) is 1. The van der Waals surface area contributed by atoms with Crippen molar-refractivity contribution in [2.24, 2.45) is 5.10 Å². The van der Waals surface area contributed by atoms with Gasteiger partial charge >= 0.3 is 0 Å². The van der Waals surface area contributed by atoms with Gasteiger partial charge in [-0.1, -0.05) is 96.8 Å². The predicted molar refractivity (Wildman–Crippen MR) is 135 cm³/mol. The van der Waals surface area contributed by atoms with E-state index in [1.165, 1.54) is 83.5 Å². The van der Waals surface area contributed by atoms with Crippen molar-refractivity contribution in [2.75, 3.05) is 14.2 Å². The van der Waals surface area contributed by atoms with Gasteiger partial charge in [0.2, 0.25) is 5.91 Å². The summed E-state index contributed by atoms with van der Waals surface area (Å²) in [5.41, 5.74) is 3.45. The fraction of sp³-hybridized carbons (Fsp3) is 0.704. The van der Waals surface area contributed by atoms with E-state index < -0.39 is 0 Å². The highest BCUT2D eigenvalue weighted by atomic mass is 16.5. The molecule has 1 aromatic rings. The minimum Gasteiger partial charge on any atom is -0.493 e. The van der Waals surface area contributed by atoms with Gasteiger partial charge in [0.25, 0.3) is 0 Å². The lowest BCUT2D eigenvalue weighted by Gasteiger charge is -2.07. The van der Waals surface area contributed by atoms with Crippen molar-refractivity contribution in [3.63, 3.8) is 0 Å². The molecule has 1 N–H and O–H groups in total. The first kappa shape index (κ1) is 28.0. The summed E-state index contributed by atoms with van der Waals surface area (Å²) in [7, 11) is 3.20. The van der Waals surface area contributed by atoms with Gasteiger partial charge in [-0.15, -0.1) is 0 Å². The second kappa shape index (κ2) is 19.6. The fourth-order valence-corrected chi connectivity index (χ4v) is 3.82. The third-order valence-corrected chi connectivity index (χ3v) is 5.82. The summed E-state index contributed by atoms with van der Waals surface area (Å²) in [6.07, 6.45) is 22.0. The van der Waals surface area contributed by atoms with Crippen LogP contribution in [0.1, 0.15) is 115 Å². The smallest absolute Gasteiger partial charge is 0.240 e. The molecule has 1 amide bonds. The van der Waals surface area contributed by atoms with Gasteiger partial charge in [-0.3, -0.25) is 4.79 Å². The number of nitrogens with one attached hydrogen (secondary N) is 1. The predicted octanol–water partition coefficient (Wildman–Crippen LogP) is 7.42. The molecule has 0 unspecified atom stereocenters. The highest BCUT2D eigenvalue weighted by Crippen LogP contribution is 2.26. The molecule has 1 aromatic carbocycles. The number of unbranched alkanes of at least 4 members (excludes halogenated alkanes) is 14. The largest absolute Gasteiger partial charge is 0.493 e. The van der Waals surface area contributed by atoms with Gasteiger partial charge in [-0.25, -0.2) is 5.43 Å². The maximum absolute atomic E-state index is 11.9. The van der Waals surface area contributed by atoms with E-state index >= 15 is 0 Å². The molecule has 0 fully saturated rings. The van der Waals surface area contributed by atoms with E-state index in [2.05, 4.69) is 17.5 Å². The number of ether oxygens (including phenoxy) is 2. The van der Waals surface area contributed by atoms with Crippen molar-refractivity contribution >= 4 is 12.1 Å². The van der Waals surface area contributed by atoms with E-state index in [-0.39, 0.29) is 5.91 Å². The molecule has 0 atom stereocenters. The highest BCUT2D eigenvalue weighted by molar-refractivity contribution is 5.83. The van der Waals surface area contributed by atoms with Crippen LogP contribution in [0.5, 0.6) is 11.5 Å². The Labute approximate surface area is 196 Å². The van der Waals surface area contributed by atoms with Crippen LogP contribution < -0.4 is 14.9 Å². The Kier molecular flexibility index (Phi) is 17.2. The normalized spacial score (nSPS) is 11.1. The summed E-state index contributed by atoms with van der Waals surface area (Å²) < 4.78 is 10.5. The number of rotatable bonds is 20. The molecule has 0 saturated heterocycles. The van der Waals surface area contributed by atoms with Crippen LogP contribution in [0.2, 0.25) is 0 Å². The number of hydrogen-bond acceptors (Lipinski definition) is 4. The summed E-state index contributed by atoms with van der Waals surface area (Å²) in [5.74, 6) is 1.28. The zero-order chi connectivity index (χ0) is 23.3. The molecule has 0 saturated carbocycles. The summed E-state index contributed by atoms with van der Waals surface area (Å²) in [5, 5.41) is 4.04. The second-order valence-electron chi connectivity index (χ2n) is 8.61. The molecule has 0 aromatic heterocycles. The number of hydrogen-bond donors (Lipinski definition) is 1. The third kappa shape index (κ3) is 14.1. The van der Waals surface area contributed by atoms with Crippen molar-refractivity contribution in [3.8, 4) is 11.5 Å². The van der Waals surface area contributed by atoms with Gasteiger partial charge in [0.1, 0.15) is 0 Å². The monoisotopic (exact) mass is 446 g/mol. The van der Waals surface area contributed by atoms with Crippen LogP contribution >= 0.6 is 0 Å². The second-order valence-corrected chi connectivity index (χ2v) is 8.61. The zero-order valence-corrected chi connectivity index (χ0v) is 20.8. The Morgan fingerprint density at radius 2 is 1.28 bits per heavy atom. The molecule has 0 aliphatic rings. The Bertz CT molecular complexity index is 631. The van der Waals surface area contributed by atoms with Crippen LogP contribution in [-0.4, -0.2) is 26.3 Å². The topological polar surface area (TPSA) is 59.9 Å². The maximum atomic E-state index is 11.9. The summed E-state index contributed by atoms with van der Waals surface area (Å²) in [6.45, 7) is 2.27. The Balaban J connectivity index is 1.95. The molecule has 5 heteroatoms. The van der Waals surface area contributed by atoms with Gasteiger partial charge < -0.3 is 9.47 Å². The number of carbonyl (C=O) groups is 1. The van der Waals surface area contributed by atoms with E-state index in [4.69, 9.17) is 9.47 Å². The molecule has 182 valence electrons. The number of carbonyl (C=O) groups excluding carboxylic acids is 1. The highest BCUT2D eigenvalue weighted by Gasteiger charge is 2.03. The van der Waals surface area contributed by atoms with Crippen molar-refractivity contribution < 1.29 is 14.3 Å². The molecule has 0 spiro atoms. The third-order valence-electron chi connectivity index (χ3n) is 5.82. The van der Waals surface area contributed by atoms with Gasteiger partial charge in [-0.05, 0) is 30.2 Å². The van der Waals surface area contributed by atoms with Crippen molar-refractivity contribution in [2.45, 2.75) is 110 Å². The molecule has 0 aliphatic carbocycles. The Morgan fingerprint density at radius 1 is 0.781 bits per heavy atom. The average Bonchev–Trinajstić information content (AvgIpc) is 2.81. The van der Waals surface area contributed by atoms with E-state index in [0.29, 0.717) is 17.9 Å². The first-order valence-corrected chi connectivity index (χ1v) is 12.7. The molecule has 1 rings (SSSR count). The van der Waals surface area contributed by atoms with Gasteiger partial charge in [-0.2, -0.15) is 5.10 Å². The van der Waals surface area contributed by atoms with Crippen LogP contribution in [0.15, 0.2) is 23.3 Å². The lowest BCUT2D eigenvalue weighted by molar-refractivity contribution is -0.121. The number of benzene rings is 1. The van der Waals surface area contributed by atoms with Crippen molar-refractivity contribution in [1.29, 1.82) is 0 Å². The van der Waals surface area contributed by atoms with Gasteiger partial charge in [0, 0.05) is 6.42 Å². The Hall–Kier alpha value is -2.04. The van der Waals surface area contributed by atoms with Gasteiger partial charge in [0.05, 0.1) is 20.4 Å². The quantitative estimate of drug-likeness (QED) is 0.129. The van der Waals surface area contributed by atoms with Crippen LogP contribution in [0.25, 0.3) is 0 Å². The minimum absolute atomic E-state index is 0.0311.